The molecule has 1 N–H and O–H groups in total. The van der Waals surface area contributed by atoms with Gasteiger partial charge in [0.05, 0.1) is 0 Å². The smallest absolute Gasteiger partial charge is 0.312 e. The van der Waals surface area contributed by atoms with Gasteiger partial charge in [-0.25, -0.2) is 8.42 Å². The van der Waals surface area contributed by atoms with Gasteiger partial charge >= 0.3 is 5.97 Å². The van der Waals surface area contributed by atoms with Crippen LogP contribution in [-0.4, -0.2) is 35.9 Å². The quantitative estimate of drug-likeness (QED) is 0.710. The van der Waals surface area contributed by atoms with Crippen LogP contribution in [0, 0.1) is 0 Å². The van der Waals surface area contributed by atoms with Crippen molar-refractivity contribution in [1.29, 1.82) is 0 Å². The molecule has 0 aliphatic heterocycles. The number of aliphatic carboxylic acids is 1. The zero-order valence-corrected chi connectivity index (χ0v) is 8.11. The van der Waals surface area contributed by atoms with E-state index < -0.39 is 22.2 Å². The molecule has 1 heterocycles. The van der Waals surface area contributed by atoms with Crippen molar-refractivity contribution < 1.29 is 22.8 Å². The fourth-order valence-electron chi connectivity index (χ4n) is 0.784. The summed E-state index contributed by atoms with van der Waals surface area (Å²) in [7, 11) is -3.22. The Balaban J connectivity index is 2.74. The van der Waals surface area contributed by atoms with Crippen molar-refractivity contribution in [3.63, 3.8) is 0 Å². The van der Waals surface area contributed by atoms with Crippen LogP contribution >= 0.6 is 0 Å². The van der Waals surface area contributed by atoms with Gasteiger partial charge in [-0.2, -0.15) is 4.98 Å². The lowest BCUT2D eigenvalue weighted by Crippen LogP contribution is -2.03. The number of carboxylic acid groups (broad SMARTS) is 1. The lowest BCUT2D eigenvalue weighted by atomic mass is 10.4. The molecule has 0 fully saturated rings. The van der Waals surface area contributed by atoms with Crippen molar-refractivity contribution in [1.82, 2.24) is 10.1 Å². The van der Waals surface area contributed by atoms with Crippen molar-refractivity contribution in [2.45, 2.75) is 12.2 Å². The number of aromatic nitrogens is 2. The molecule has 1 rings (SSSR count). The lowest BCUT2D eigenvalue weighted by molar-refractivity contribution is -0.136. The Labute approximate surface area is 79.7 Å². The van der Waals surface area contributed by atoms with E-state index in [4.69, 9.17) is 5.11 Å². The zero-order valence-electron chi connectivity index (χ0n) is 7.30. The Morgan fingerprint density at radius 3 is 2.71 bits per heavy atom. The van der Waals surface area contributed by atoms with Gasteiger partial charge in [0.15, 0.2) is 15.7 Å². The van der Waals surface area contributed by atoms with E-state index in [2.05, 4.69) is 14.7 Å². The predicted molar refractivity (Wildman–Crippen MR) is 44.2 cm³/mol. The Bertz CT molecular complexity index is 435. The normalized spacial score (nSPS) is 11.5. The second-order valence-electron chi connectivity index (χ2n) is 2.74. The molecule has 1 aromatic rings. The number of carboxylic acids is 1. The summed E-state index contributed by atoms with van der Waals surface area (Å²) in [5.41, 5.74) is 0. The second-order valence-corrected chi connectivity index (χ2v) is 4.89. The maximum absolute atomic E-state index is 10.8. The van der Waals surface area contributed by atoms with Gasteiger partial charge in [-0.3, -0.25) is 4.79 Å². The van der Waals surface area contributed by atoms with Gasteiger partial charge in [0, 0.05) is 6.26 Å². The molecule has 0 atom stereocenters. The molecular formula is C6H8N2O5S. The van der Waals surface area contributed by atoms with Crippen molar-refractivity contribution in [2.24, 2.45) is 0 Å². The maximum atomic E-state index is 10.8. The molecule has 8 heteroatoms. The van der Waals surface area contributed by atoms with Crippen LogP contribution in [0.2, 0.25) is 0 Å². The van der Waals surface area contributed by atoms with Crippen LogP contribution < -0.4 is 0 Å². The topological polar surface area (TPSA) is 110 Å². The number of sulfone groups is 1. The molecule has 0 saturated heterocycles. The minimum absolute atomic E-state index is 0.0243. The highest BCUT2D eigenvalue weighted by molar-refractivity contribution is 7.89. The lowest BCUT2D eigenvalue weighted by Gasteiger charge is -1.88. The fraction of sp³-hybridized carbons (Fsp3) is 0.500. The van der Waals surface area contributed by atoms with Crippen LogP contribution in [0.25, 0.3) is 0 Å². The summed E-state index contributed by atoms with van der Waals surface area (Å²) in [4.78, 5) is 13.8. The number of hydrogen-bond donors (Lipinski definition) is 1. The van der Waals surface area contributed by atoms with Gasteiger partial charge in [-0.1, -0.05) is 5.16 Å². The highest BCUT2D eigenvalue weighted by atomic mass is 32.2. The second kappa shape index (κ2) is 3.74. The minimum atomic E-state index is -3.22. The summed E-state index contributed by atoms with van der Waals surface area (Å²) in [5.74, 6) is -1.59. The highest BCUT2D eigenvalue weighted by Crippen LogP contribution is 2.02. The van der Waals surface area contributed by atoms with E-state index in [1.165, 1.54) is 0 Å². The summed E-state index contributed by atoms with van der Waals surface area (Å²) < 4.78 is 26.1. The third-order valence-corrected chi connectivity index (χ3v) is 1.99. The molecule has 0 aliphatic carbocycles. The third-order valence-electron chi connectivity index (χ3n) is 1.20. The molecule has 0 bridgehead atoms. The molecule has 0 aromatic carbocycles. The Morgan fingerprint density at radius 1 is 1.57 bits per heavy atom. The standard InChI is InChI=1S/C6H8N2O5S/c1-14(11,12)3-4-7-5(13-8-4)2-6(9)10/h2-3H2,1H3,(H,9,10). The molecule has 0 unspecified atom stereocenters. The largest absolute Gasteiger partial charge is 0.481 e. The van der Waals surface area contributed by atoms with Gasteiger partial charge in [0.1, 0.15) is 12.2 Å². The van der Waals surface area contributed by atoms with Crippen molar-refractivity contribution in [2.75, 3.05) is 6.26 Å². The maximum Gasteiger partial charge on any atom is 0.312 e. The molecule has 0 amide bonds. The van der Waals surface area contributed by atoms with Crippen LogP contribution in [0.3, 0.4) is 0 Å². The number of rotatable bonds is 4. The molecular weight excluding hydrogens is 212 g/mol. The summed E-state index contributed by atoms with van der Waals surface area (Å²) in [5, 5.41) is 11.7. The van der Waals surface area contributed by atoms with Crippen LogP contribution in [0.4, 0.5) is 0 Å². The zero-order chi connectivity index (χ0) is 10.8. The van der Waals surface area contributed by atoms with Crippen LogP contribution in [-0.2, 0) is 26.8 Å². The first-order valence-corrected chi connectivity index (χ1v) is 5.64. The van der Waals surface area contributed by atoms with Crippen molar-refractivity contribution in [3.8, 4) is 0 Å². The SMILES string of the molecule is CS(=O)(=O)Cc1noc(CC(=O)O)n1. The average molecular weight is 220 g/mol. The van der Waals surface area contributed by atoms with Gasteiger partial charge in [-0.05, 0) is 0 Å². The average Bonchev–Trinajstić information content (AvgIpc) is 2.30. The van der Waals surface area contributed by atoms with Gasteiger partial charge in [0.2, 0.25) is 5.89 Å². The predicted octanol–water partition coefficient (Wildman–Crippen LogP) is -0.759. The third kappa shape index (κ3) is 3.52. The first-order valence-electron chi connectivity index (χ1n) is 3.58. The fourth-order valence-corrected chi connectivity index (χ4v) is 1.37. The van der Waals surface area contributed by atoms with E-state index in [1.807, 2.05) is 0 Å². The highest BCUT2D eigenvalue weighted by Gasteiger charge is 2.13. The molecule has 0 radical (unpaired) electrons. The van der Waals surface area contributed by atoms with E-state index in [9.17, 15) is 13.2 Å². The van der Waals surface area contributed by atoms with Gasteiger partial charge in [0.25, 0.3) is 0 Å². The van der Waals surface area contributed by atoms with E-state index >= 15 is 0 Å². The molecule has 1 aromatic heterocycles. The molecule has 0 aliphatic rings. The molecule has 14 heavy (non-hydrogen) atoms. The minimum Gasteiger partial charge on any atom is -0.481 e. The van der Waals surface area contributed by atoms with Crippen molar-refractivity contribution >= 4 is 15.8 Å². The number of carbonyl (C=O) groups is 1. The summed E-state index contributed by atoms with van der Waals surface area (Å²) in [6, 6.07) is 0. The van der Waals surface area contributed by atoms with Gasteiger partial charge in [-0.15, -0.1) is 0 Å². The van der Waals surface area contributed by atoms with Crippen molar-refractivity contribution in [3.05, 3.63) is 11.7 Å². The van der Waals surface area contributed by atoms with E-state index in [1.54, 1.807) is 0 Å². The molecule has 7 nitrogen and oxygen atoms in total. The van der Waals surface area contributed by atoms with Crippen LogP contribution in [0.1, 0.15) is 11.7 Å². The first kappa shape index (κ1) is 10.6. The number of nitrogens with zero attached hydrogens (tertiary/aromatic N) is 2. The monoisotopic (exact) mass is 220 g/mol. The first-order chi connectivity index (χ1) is 6.37. The van der Waals surface area contributed by atoms with Crippen LogP contribution in [0.5, 0.6) is 0 Å². The summed E-state index contributed by atoms with van der Waals surface area (Å²) in [6.07, 6.45) is 0.622. The Morgan fingerprint density at radius 2 is 2.21 bits per heavy atom. The van der Waals surface area contributed by atoms with E-state index in [-0.39, 0.29) is 17.5 Å². The molecule has 78 valence electrons. The van der Waals surface area contributed by atoms with E-state index in [0.717, 1.165) is 6.26 Å². The van der Waals surface area contributed by atoms with Gasteiger partial charge < -0.3 is 9.63 Å². The number of hydrogen-bond acceptors (Lipinski definition) is 6. The Kier molecular flexibility index (Phi) is 2.84. The van der Waals surface area contributed by atoms with Crippen LogP contribution in [0.15, 0.2) is 4.52 Å². The molecule has 0 saturated carbocycles. The molecule has 0 spiro atoms. The summed E-state index contributed by atoms with van der Waals surface area (Å²) >= 11 is 0. The summed E-state index contributed by atoms with van der Waals surface area (Å²) in [6.45, 7) is 0. The Hall–Kier alpha value is -1.44. The van der Waals surface area contributed by atoms with E-state index in [0.29, 0.717) is 0 Å².